The van der Waals surface area contributed by atoms with Gasteiger partial charge in [0.2, 0.25) is 0 Å². The summed E-state index contributed by atoms with van der Waals surface area (Å²) in [6.07, 6.45) is 0. The molecule has 0 saturated carbocycles. The van der Waals surface area contributed by atoms with Crippen LogP contribution >= 0.6 is 0 Å². The standard InChI is InChI=1S/C51H36N2.C48H30N2O/c1-51(2)44-22-9-6-18-39(44)42-32-37(27-28-45(42)51)53-47-24-11-8-20-41(47)50-38(21-13-25-49(50)53)35-26-29-48-43(31-35)40-19-7-10-23-46(40)52(48)36-17-12-16-34(30-36)33-14-4-3-5-15-33;1-2-12-31(13-3-1)32-14-10-15-34(28-32)49-42-20-7-4-16-37(42)40-29-33(24-26-44(40)49)36-19-11-22-45-48(36)39-18-5-8-21-43(39)50(45)35-25-27-47-41(30-35)38-17-6-9-23-46(38)51-47/h3-32H,1-2H3;1-30H. The van der Waals surface area contributed by atoms with Crippen LogP contribution in [0.2, 0.25) is 0 Å². The maximum Gasteiger partial charge on any atom is 0.135 e. The first-order valence-corrected chi connectivity index (χ1v) is 36.0. The van der Waals surface area contributed by atoms with Crippen molar-refractivity contribution in [2.45, 2.75) is 19.3 Å². The topological polar surface area (TPSA) is 32.9 Å². The highest BCUT2D eigenvalue weighted by Gasteiger charge is 2.35. The number of benzene rings is 16. The quantitative estimate of drug-likeness (QED) is 0.149. The summed E-state index contributed by atoms with van der Waals surface area (Å²) < 4.78 is 15.9. The third kappa shape index (κ3) is 9.13. The molecule has 0 atom stereocenters. The Morgan fingerprint density at radius 1 is 0.202 bits per heavy atom. The van der Waals surface area contributed by atoms with E-state index in [1.165, 1.54) is 160 Å². The van der Waals surface area contributed by atoms with E-state index >= 15 is 0 Å². The first-order valence-electron chi connectivity index (χ1n) is 36.0. The highest BCUT2D eigenvalue weighted by Crippen LogP contribution is 2.51. The van der Waals surface area contributed by atoms with Crippen molar-refractivity contribution in [3.05, 3.63) is 375 Å². The first kappa shape index (κ1) is 59.4. The molecular formula is C99H66N4O. The SMILES string of the molecule is CC1(C)c2ccccc2-c2cc(-n3c4ccccc4c4c(-c5ccc6c(c5)c5ccccc5n6-c5cccc(-c6ccccc6)c5)cccc43)ccc21.c1ccc(-c2cccc(-n3c4ccccc4c4cc(-c5cccc6c5c5ccccc5n6-c5ccc6oc7ccccc7c6c5)ccc43)c2)cc1. The Morgan fingerprint density at radius 2 is 0.577 bits per heavy atom. The number of hydrogen-bond donors (Lipinski definition) is 0. The minimum absolute atomic E-state index is 0.0229. The molecule has 5 nitrogen and oxygen atoms in total. The second-order valence-corrected chi connectivity index (χ2v) is 28.3. The van der Waals surface area contributed by atoms with E-state index in [2.05, 4.69) is 384 Å². The van der Waals surface area contributed by atoms with E-state index in [1.54, 1.807) is 0 Å². The van der Waals surface area contributed by atoms with Crippen LogP contribution in [0.25, 0.3) is 188 Å². The molecule has 0 fully saturated rings. The third-order valence-electron chi connectivity index (χ3n) is 22.2. The highest BCUT2D eigenvalue weighted by molar-refractivity contribution is 6.20. The summed E-state index contributed by atoms with van der Waals surface area (Å²) in [5.41, 5.74) is 31.2. The Kier molecular flexibility index (Phi) is 13.3. The van der Waals surface area contributed by atoms with Gasteiger partial charge in [-0.15, -0.1) is 0 Å². The van der Waals surface area contributed by atoms with Crippen LogP contribution in [0, 0.1) is 0 Å². The Morgan fingerprint density at radius 3 is 1.13 bits per heavy atom. The maximum atomic E-state index is 6.19. The monoisotopic (exact) mass is 1330 g/mol. The number of nitrogens with zero attached hydrogens (tertiary/aromatic N) is 4. The van der Waals surface area contributed by atoms with Gasteiger partial charge in [-0.3, -0.25) is 0 Å². The molecule has 104 heavy (non-hydrogen) atoms. The summed E-state index contributed by atoms with van der Waals surface area (Å²) in [4.78, 5) is 0. The summed E-state index contributed by atoms with van der Waals surface area (Å²) in [5, 5.41) is 12.3. The molecule has 5 aromatic heterocycles. The smallest absolute Gasteiger partial charge is 0.135 e. The minimum atomic E-state index is -0.0229. The molecule has 21 aromatic rings. The van der Waals surface area contributed by atoms with E-state index in [9.17, 15) is 0 Å². The normalized spacial score (nSPS) is 12.6. The van der Waals surface area contributed by atoms with E-state index in [-0.39, 0.29) is 5.41 Å². The van der Waals surface area contributed by atoms with Gasteiger partial charge in [0, 0.05) is 82.0 Å². The molecule has 0 amide bonds. The fourth-order valence-corrected chi connectivity index (χ4v) is 17.5. The number of para-hydroxylation sites is 5. The second kappa shape index (κ2) is 23.3. The van der Waals surface area contributed by atoms with Gasteiger partial charge in [0.05, 0.1) is 44.1 Å². The molecule has 0 bridgehead atoms. The Balaban J connectivity index is 0.000000134. The molecule has 5 heterocycles. The van der Waals surface area contributed by atoms with Crippen LogP contribution in [0.1, 0.15) is 25.0 Å². The molecule has 5 heteroatoms. The summed E-state index contributed by atoms with van der Waals surface area (Å²) in [7, 11) is 0. The Bertz CT molecular complexity index is 7070. The summed E-state index contributed by atoms with van der Waals surface area (Å²) in [6.45, 7) is 4.69. The van der Waals surface area contributed by atoms with Gasteiger partial charge < -0.3 is 22.7 Å². The van der Waals surface area contributed by atoms with Gasteiger partial charge in [-0.25, -0.2) is 0 Å². The zero-order valence-electron chi connectivity index (χ0n) is 57.3. The van der Waals surface area contributed by atoms with Crippen molar-refractivity contribution in [1.82, 2.24) is 18.3 Å². The lowest BCUT2D eigenvalue weighted by molar-refractivity contribution is 0.660. The fraction of sp³-hybridized carbons (Fsp3) is 0.0303. The van der Waals surface area contributed by atoms with Crippen molar-refractivity contribution in [3.63, 3.8) is 0 Å². The molecule has 1 aliphatic carbocycles. The molecule has 488 valence electrons. The van der Waals surface area contributed by atoms with Gasteiger partial charge in [-0.05, 0) is 188 Å². The summed E-state index contributed by atoms with van der Waals surface area (Å²) in [5.74, 6) is 0. The van der Waals surface area contributed by atoms with Crippen molar-refractivity contribution in [3.8, 4) is 78.4 Å². The molecule has 0 saturated heterocycles. The van der Waals surface area contributed by atoms with Crippen molar-refractivity contribution < 1.29 is 4.42 Å². The van der Waals surface area contributed by atoms with Crippen LogP contribution in [0.4, 0.5) is 0 Å². The molecule has 0 N–H and O–H groups in total. The zero-order valence-corrected chi connectivity index (χ0v) is 57.3. The van der Waals surface area contributed by atoms with E-state index in [0.717, 1.165) is 39.0 Å². The van der Waals surface area contributed by atoms with E-state index in [0.29, 0.717) is 0 Å². The van der Waals surface area contributed by atoms with Gasteiger partial charge in [-0.2, -0.15) is 0 Å². The fourth-order valence-electron chi connectivity index (χ4n) is 17.5. The molecule has 16 aromatic carbocycles. The zero-order chi connectivity index (χ0) is 68.7. The predicted molar refractivity (Wildman–Crippen MR) is 437 cm³/mol. The highest BCUT2D eigenvalue weighted by atomic mass is 16.3. The molecule has 1 aliphatic rings. The van der Waals surface area contributed by atoms with Crippen LogP contribution in [-0.4, -0.2) is 18.3 Å². The molecule has 0 aliphatic heterocycles. The van der Waals surface area contributed by atoms with Gasteiger partial charge in [-0.1, -0.05) is 257 Å². The van der Waals surface area contributed by atoms with E-state index in [4.69, 9.17) is 4.42 Å². The van der Waals surface area contributed by atoms with Gasteiger partial charge >= 0.3 is 0 Å². The molecule has 0 unspecified atom stereocenters. The number of fused-ring (bicyclic) bond motifs is 18. The van der Waals surface area contributed by atoms with Gasteiger partial charge in [0.25, 0.3) is 0 Å². The number of hydrogen-bond acceptors (Lipinski definition) is 1. The number of furan rings is 1. The summed E-state index contributed by atoms with van der Waals surface area (Å²) >= 11 is 0. The second-order valence-electron chi connectivity index (χ2n) is 28.3. The predicted octanol–water partition coefficient (Wildman–Crippen LogP) is 26.6. The number of aromatic nitrogens is 4. The first-order chi connectivity index (χ1) is 51.4. The molecule has 22 rings (SSSR count). The summed E-state index contributed by atoms with van der Waals surface area (Å²) in [6, 6.07) is 133. The van der Waals surface area contributed by atoms with Crippen molar-refractivity contribution >= 4 is 109 Å². The molecule has 0 radical (unpaired) electrons. The van der Waals surface area contributed by atoms with E-state index in [1.807, 2.05) is 12.1 Å². The van der Waals surface area contributed by atoms with Crippen LogP contribution in [0.5, 0.6) is 0 Å². The largest absolute Gasteiger partial charge is 0.456 e. The lowest BCUT2D eigenvalue weighted by atomic mass is 9.82. The minimum Gasteiger partial charge on any atom is -0.456 e. The maximum absolute atomic E-state index is 6.19. The van der Waals surface area contributed by atoms with Crippen LogP contribution in [0.3, 0.4) is 0 Å². The lowest BCUT2D eigenvalue weighted by Gasteiger charge is -2.21. The van der Waals surface area contributed by atoms with Crippen molar-refractivity contribution in [2.24, 2.45) is 0 Å². The van der Waals surface area contributed by atoms with Crippen LogP contribution in [-0.2, 0) is 5.41 Å². The van der Waals surface area contributed by atoms with Crippen LogP contribution < -0.4 is 0 Å². The molecule has 0 spiro atoms. The van der Waals surface area contributed by atoms with Crippen LogP contribution in [0.15, 0.2) is 368 Å². The van der Waals surface area contributed by atoms with E-state index < -0.39 is 0 Å². The van der Waals surface area contributed by atoms with Crippen molar-refractivity contribution in [1.29, 1.82) is 0 Å². The molecular weight excluding hydrogens is 1260 g/mol. The van der Waals surface area contributed by atoms with Gasteiger partial charge in [0.1, 0.15) is 11.2 Å². The number of rotatable bonds is 8. The average molecular weight is 1330 g/mol. The Labute approximate surface area is 600 Å². The van der Waals surface area contributed by atoms with Gasteiger partial charge in [0.15, 0.2) is 0 Å². The Hall–Kier alpha value is -13.5. The third-order valence-corrected chi connectivity index (χ3v) is 22.2. The van der Waals surface area contributed by atoms with Crippen molar-refractivity contribution in [2.75, 3.05) is 0 Å². The average Bonchev–Trinajstić information content (AvgIpc) is 1.57. The lowest BCUT2D eigenvalue weighted by Crippen LogP contribution is -2.14.